The van der Waals surface area contributed by atoms with Crippen LogP contribution in [0.25, 0.3) is 0 Å². The topological polar surface area (TPSA) is 80.0 Å². The van der Waals surface area contributed by atoms with E-state index in [1.54, 1.807) is 4.68 Å². The molecule has 2 rings (SSSR count). The maximum atomic E-state index is 11.9. The molecule has 2 aromatic rings. The molecule has 0 saturated carbocycles. The molecule has 0 aliphatic rings. The fourth-order valence-corrected chi connectivity index (χ4v) is 1.86. The molecule has 0 radical (unpaired) electrons. The Kier molecular flexibility index (Phi) is 3.79. The number of aryl methyl sites for hydroxylation is 2. The number of aromatic nitrogens is 3. The van der Waals surface area contributed by atoms with E-state index < -0.39 is 0 Å². The molecular formula is C13H16N4O2. The van der Waals surface area contributed by atoms with E-state index in [0.717, 1.165) is 17.7 Å². The Labute approximate surface area is 111 Å². The highest BCUT2D eigenvalue weighted by molar-refractivity contribution is 5.94. The van der Waals surface area contributed by atoms with Crippen molar-refractivity contribution in [2.45, 2.75) is 19.9 Å². The van der Waals surface area contributed by atoms with Crippen LogP contribution in [0.4, 0.5) is 0 Å². The minimum Gasteiger partial charge on any atom is -0.506 e. The summed E-state index contributed by atoms with van der Waals surface area (Å²) in [5.41, 5.74) is 2.30. The van der Waals surface area contributed by atoms with Crippen LogP contribution in [0.15, 0.2) is 24.7 Å². The van der Waals surface area contributed by atoms with Gasteiger partial charge in [0.1, 0.15) is 5.75 Å². The van der Waals surface area contributed by atoms with Crippen molar-refractivity contribution in [1.29, 1.82) is 0 Å². The molecule has 19 heavy (non-hydrogen) atoms. The summed E-state index contributed by atoms with van der Waals surface area (Å²) in [7, 11) is 1.85. The van der Waals surface area contributed by atoms with Crippen LogP contribution in [-0.2, 0) is 20.0 Å². The quantitative estimate of drug-likeness (QED) is 0.860. The average Bonchev–Trinajstić information content (AvgIpc) is 2.76. The molecule has 0 bridgehead atoms. The van der Waals surface area contributed by atoms with Gasteiger partial charge in [-0.1, -0.05) is 6.92 Å². The first-order chi connectivity index (χ1) is 9.10. The summed E-state index contributed by atoms with van der Waals surface area (Å²) >= 11 is 0. The molecule has 0 spiro atoms. The first kappa shape index (κ1) is 13.1. The fraction of sp³-hybridized carbons (Fsp3) is 0.308. The van der Waals surface area contributed by atoms with Crippen LogP contribution in [0, 0.1) is 0 Å². The largest absolute Gasteiger partial charge is 0.506 e. The second-order valence-corrected chi connectivity index (χ2v) is 4.24. The summed E-state index contributed by atoms with van der Waals surface area (Å²) in [5.74, 6) is -0.294. The fourth-order valence-electron chi connectivity index (χ4n) is 1.86. The monoisotopic (exact) mass is 260 g/mol. The highest BCUT2D eigenvalue weighted by Gasteiger charge is 2.10. The first-order valence-electron chi connectivity index (χ1n) is 6.03. The van der Waals surface area contributed by atoms with E-state index in [2.05, 4.69) is 15.4 Å². The molecule has 6 nitrogen and oxygen atoms in total. The second-order valence-electron chi connectivity index (χ2n) is 4.24. The number of carbonyl (C=O) groups excluding carboxylic acids is 1. The van der Waals surface area contributed by atoms with E-state index in [4.69, 9.17) is 0 Å². The molecule has 0 aliphatic carbocycles. The molecule has 0 aliphatic heterocycles. The van der Waals surface area contributed by atoms with Crippen LogP contribution in [0.3, 0.4) is 0 Å². The highest BCUT2D eigenvalue weighted by atomic mass is 16.3. The van der Waals surface area contributed by atoms with Crippen LogP contribution in [0.2, 0.25) is 0 Å². The summed E-state index contributed by atoms with van der Waals surface area (Å²) in [6.07, 6.45) is 5.41. The smallest absolute Gasteiger partial charge is 0.253 e. The Bertz CT molecular complexity index is 592. The average molecular weight is 260 g/mol. The van der Waals surface area contributed by atoms with Crippen molar-refractivity contribution >= 4 is 5.91 Å². The van der Waals surface area contributed by atoms with E-state index in [1.165, 1.54) is 18.5 Å². The second kappa shape index (κ2) is 5.51. The third kappa shape index (κ3) is 3.09. The number of nitrogens with one attached hydrogen (secondary N) is 1. The van der Waals surface area contributed by atoms with Gasteiger partial charge in [-0.05, 0) is 12.5 Å². The van der Waals surface area contributed by atoms with E-state index in [9.17, 15) is 9.90 Å². The van der Waals surface area contributed by atoms with Crippen LogP contribution < -0.4 is 5.32 Å². The van der Waals surface area contributed by atoms with Crippen molar-refractivity contribution in [3.63, 3.8) is 0 Å². The van der Waals surface area contributed by atoms with Crippen molar-refractivity contribution in [3.05, 3.63) is 41.5 Å². The van der Waals surface area contributed by atoms with Gasteiger partial charge in [-0.2, -0.15) is 5.10 Å². The first-order valence-corrected chi connectivity index (χ1v) is 6.03. The van der Waals surface area contributed by atoms with Gasteiger partial charge in [0.15, 0.2) is 0 Å². The maximum Gasteiger partial charge on any atom is 0.253 e. The lowest BCUT2D eigenvalue weighted by molar-refractivity contribution is 0.0950. The number of aromatic hydroxyl groups is 1. The molecule has 0 aromatic carbocycles. The molecule has 0 fully saturated rings. The normalized spacial score (nSPS) is 10.4. The Balaban J connectivity index is 2.04. The minimum absolute atomic E-state index is 0.0247. The Morgan fingerprint density at radius 2 is 2.26 bits per heavy atom. The van der Waals surface area contributed by atoms with Crippen LogP contribution in [0.5, 0.6) is 5.75 Å². The van der Waals surface area contributed by atoms with Crippen LogP contribution >= 0.6 is 0 Å². The Morgan fingerprint density at radius 1 is 1.47 bits per heavy atom. The van der Waals surface area contributed by atoms with Crippen LogP contribution in [0.1, 0.15) is 28.5 Å². The van der Waals surface area contributed by atoms with E-state index in [-0.39, 0.29) is 11.7 Å². The number of amides is 1. The summed E-state index contributed by atoms with van der Waals surface area (Å²) in [5, 5.41) is 16.4. The van der Waals surface area contributed by atoms with E-state index >= 15 is 0 Å². The molecule has 0 atom stereocenters. The van der Waals surface area contributed by atoms with Crippen molar-refractivity contribution in [2.24, 2.45) is 7.05 Å². The lowest BCUT2D eigenvalue weighted by atomic mass is 10.2. The zero-order valence-corrected chi connectivity index (χ0v) is 10.9. The van der Waals surface area contributed by atoms with Gasteiger partial charge in [-0.3, -0.25) is 14.5 Å². The van der Waals surface area contributed by atoms with Crippen molar-refractivity contribution < 1.29 is 9.90 Å². The third-order valence-corrected chi connectivity index (χ3v) is 2.75. The molecule has 2 heterocycles. The van der Waals surface area contributed by atoms with Gasteiger partial charge in [0.05, 0.1) is 17.5 Å². The number of rotatable bonds is 4. The Morgan fingerprint density at radius 3 is 2.95 bits per heavy atom. The zero-order valence-electron chi connectivity index (χ0n) is 10.9. The van der Waals surface area contributed by atoms with Crippen molar-refractivity contribution in [2.75, 3.05) is 0 Å². The Hall–Kier alpha value is -2.37. The standard InChI is InChI=1S/C13H16N4O2/c1-3-12-10(8-17(2)16-12)6-15-13(19)9-4-11(18)7-14-5-9/h4-5,7-8,18H,3,6H2,1-2H3,(H,15,19). The predicted molar refractivity (Wildman–Crippen MR) is 69.7 cm³/mol. The summed E-state index contributed by atoms with van der Waals surface area (Å²) < 4.78 is 1.73. The molecule has 2 aromatic heterocycles. The van der Waals surface area contributed by atoms with Gasteiger partial charge in [-0.15, -0.1) is 0 Å². The highest BCUT2D eigenvalue weighted by Crippen LogP contribution is 2.10. The lowest BCUT2D eigenvalue weighted by Gasteiger charge is -2.04. The molecule has 100 valence electrons. The predicted octanol–water partition coefficient (Wildman–Crippen LogP) is 1.01. The lowest BCUT2D eigenvalue weighted by Crippen LogP contribution is -2.23. The minimum atomic E-state index is -0.269. The van der Waals surface area contributed by atoms with E-state index in [0.29, 0.717) is 12.1 Å². The van der Waals surface area contributed by atoms with Gasteiger partial charge in [-0.25, -0.2) is 0 Å². The SMILES string of the molecule is CCc1nn(C)cc1CNC(=O)c1cncc(O)c1. The number of nitrogens with zero attached hydrogens (tertiary/aromatic N) is 3. The number of hydrogen-bond donors (Lipinski definition) is 2. The molecule has 2 N–H and O–H groups in total. The van der Waals surface area contributed by atoms with Crippen molar-refractivity contribution in [3.8, 4) is 5.75 Å². The van der Waals surface area contributed by atoms with Gasteiger partial charge in [0.2, 0.25) is 0 Å². The van der Waals surface area contributed by atoms with Gasteiger partial charge < -0.3 is 10.4 Å². The zero-order chi connectivity index (χ0) is 13.8. The molecule has 1 amide bonds. The summed E-state index contributed by atoms with van der Waals surface area (Å²) in [6, 6.07) is 1.38. The summed E-state index contributed by atoms with van der Waals surface area (Å²) in [4.78, 5) is 15.7. The molecule has 0 unspecified atom stereocenters. The van der Waals surface area contributed by atoms with Crippen LogP contribution in [-0.4, -0.2) is 25.8 Å². The molecule has 6 heteroatoms. The van der Waals surface area contributed by atoms with Gasteiger partial charge >= 0.3 is 0 Å². The summed E-state index contributed by atoms with van der Waals surface area (Å²) in [6.45, 7) is 2.43. The molecule has 0 saturated heterocycles. The number of pyridine rings is 1. The van der Waals surface area contributed by atoms with Crippen molar-refractivity contribution in [1.82, 2.24) is 20.1 Å². The third-order valence-electron chi connectivity index (χ3n) is 2.75. The van der Waals surface area contributed by atoms with Gasteiger partial charge in [0.25, 0.3) is 5.91 Å². The molecular weight excluding hydrogens is 244 g/mol. The van der Waals surface area contributed by atoms with E-state index in [1.807, 2.05) is 20.2 Å². The van der Waals surface area contributed by atoms with Gasteiger partial charge in [0, 0.05) is 31.5 Å². The number of hydrogen-bond acceptors (Lipinski definition) is 4. The number of carbonyl (C=O) groups is 1. The maximum absolute atomic E-state index is 11.9.